The predicted octanol–water partition coefficient (Wildman–Crippen LogP) is 2.11. The molecule has 1 N–H and O–H groups in total. The lowest BCUT2D eigenvalue weighted by atomic mass is 9.97. The molecule has 0 saturated carbocycles. The molecule has 3 rings (SSSR count). The molecule has 25 heavy (non-hydrogen) atoms. The van der Waals surface area contributed by atoms with Crippen LogP contribution in [0, 0.1) is 6.92 Å². The van der Waals surface area contributed by atoms with Gasteiger partial charge in [-0.1, -0.05) is 24.3 Å². The van der Waals surface area contributed by atoms with Gasteiger partial charge in [0.2, 0.25) is 5.91 Å². The molecule has 0 fully saturated rings. The molecule has 3 aromatic rings. The number of nitrogens with zero attached hydrogens (tertiary/aromatic N) is 4. The van der Waals surface area contributed by atoms with Crippen LogP contribution in [0.15, 0.2) is 48.5 Å². The second-order valence-corrected chi connectivity index (χ2v) is 5.70. The van der Waals surface area contributed by atoms with Crippen molar-refractivity contribution in [3.05, 3.63) is 65.5 Å². The number of methoxy groups -OCH3 is 1. The van der Waals surface area contributed by atoms with Crippen LogP contribution in [-0.2, 0) is 11.2 Å². The lowest BCUT2D eigenvalue weighted by Crippen LogP contribution is -2.24. The molecule has 0 saturated heterocycles. The molecule has 7 nitrogen and oxygen atoms in total. The van der Waals surface area contributed by atoms with Gasteiger partial charge >= 0.3 is 0 Å². The van der Waals surface area contributed by atoms with Crippen LogP contribution in [0.2, 0.25) is 0 Å². The number of nitrogens with one attached hydrogen (secondary N) is 1. The Morgan fingerprint density at radius 3 is 2.68 bits per heavy atom. The van der Waals surface area contributed by atoms with Gasteiger partial charge in [0, 0.05) is 11.5 Å². The third kappa shape index (κ3) is 4.20. The first-order chi connectivity index (χ1) is 12.2. The van der Waals surface area contributed by atoms with E-state index >= 15 is 0 Å². The van der Waals surface area contributed by atoms with Gasteiger partial charge in [-0.3, -0.25) is 15.1 Å². The average Bonchev–Trinajstić information content (AvgIpc) is 3.14. The molecule has 1 amide bonds. The summed E-state index contributed by atoms with van der Waals surface area (Å²) >= 11 is 0. The lowest BCUT2D eigenvalue weighted by Gasteiger charge is -2.17. The summed E-state index contributed by atoms with van der Waals surface area (Å²) in [4.78, 5) is 12.8. The molecule has 0 bridgehead atoms. The van der Waals surface area contributed by atoms with E-state index in [0.717, 1.165) is 22.6 Å². The third-order valence-corrected chi connectivity index (χ3v) is 3.85. The maximum Gasteiger partial charge on any atom is 0.232 e. The summed E-state index contributed by atoms with van der Waals surface area (Å²) in [6, 6.07) is 15.2. The molecule has 1 aromatic heterocycles. The van der Waals surface area contributed by atoms with Gasteiger partial charge in [0.25, 0.3) is 0 Å². The monoisotopic (exact) mass is 336 g/mol. The van der Waals surface area contributed by atoms with Crippen molar-refractivity contribution in [3.8, 4) is 5.75 Å². The van der Waals surface area contributed by atoms with Crippen LogP contribution in [0.3, 0.4) is 0 Å². The first-order valence-electron chi connectivity index (χ1n) is 7.85. The zero-order valence-electron chi connectivity index (χ0n) is 14.0. The van der Waals surface area contributed by atoms with Gasteiger partial charge in [0.05, 0.1) is 13.0 Å². The Bertz CT molecular complexity index is 831. The molecule has 1 heterocycles. The topological polar surface area (TPSA) is 91.1 Å². The number of hydrogen-bond acceptors (Lipinski definition) is 5. The number of ether oxygens (including phenoxy) is 1. The molecule has 7 heteroatoms. The number of rotatable bonds is 6. The lowest BCUT2D eigenvalue weighted by molar-refractivity contribution is -0.117. The van der Waals surface area contributed by atoms with Crippen LogP contribution in [0.1, 0.15) is 22.9 Å². The van der Waals surface area contributed by atoms with Gasteiger partial charge in [0.1, 0.15) is 5.75 Å². The third-order valence-electron chi connectivity index (χ3n) is 3.85. The van der Waals surface area contributed by atoms with Crippen molar-refractivity contribution in [2.45, 2.75) is 19.3 Å². The molecule has 0 spiro atoms. The SMILES string of the molecule is COc1ccc(C[C@H](C(=O)Nc2cccc(C)c2)c2nnn[n-]2)cc1. The summed E-state index contributed by atoms with van der Waals surface area (Å²) in [7, 11) is 1.61. The molecule has 0 radical (unpaired) electrons. The van der Waals surface area contributed by atoms with Gasteiger partial charge in [0.15, 0.2) is 0 Å². The highest BCUT2D eigenvalue weighted by atomic mass is 16.5. The predicted molar refractivity (Wildman–Crippen MR) is 92.4 cm³/mol. The first kappa shape index (κ1) is 16.6. The van der Waals surface area contributed by atoms with Gasteiger partial charge in [-0.2, -0.15) is 5.21 Å². The van der Waals surface area contributed by atoms with Crippen molar-refractivity contribution >= 4 is 11.6 Å². The fourth-order valence-corrected chi connectivity index (χ4v) is 2.54. The molecule has 0 aliphatic carbocycles. The highest BCUT2D eigenvalue weighted by Gasteiger charge is 2.21. The Hall–Kier alpha value is -3.22. The van der Waals surface area contributed by atoms with Crippen molar-refractivity contribution in [1.82, 2.24) is 20.6 Å². The summed E-state index contributed by atoms with van der Waals surface area (Å²) < 4.78 is 5.16. The molecule has 1 atom stereocenters. The van der Waals surface area contributed by atoms with Crippen LogP contribution < -0.4 is 15.2 Å². The van der Waals surface area contributed by atoms with E-state index in [1.807, 2.05) is 55.5 Å². The fourth-order valence-electron chi connectivity index (χ4n) is 2.54. The van der Waals surface area contributed by atoms with Crippen molar-refractivity contribution in [2.24, 2.45) is 0 Å². The van der Waals surface area contributed by atoms with E-state index in [2.05, 4.69) is 25.9 Å². The minimum atomic E-state index is -0.580. The second kappa shape index (κ2) is 7.57. The van der Waals surface area contributed by atoms with Crippen molar-refractivity contribution in [3.63, 3.8) is 0 Å². The summed E-state index contributed by atoms with van der Waals surface area (Å²) in [5, 5.41) is 17.7. The summed E-state index contributed by atoms with van der Waals surface area (Å²) in [6.45, 7) is 1.97. The maximum absolute atomic E-state index is 12.8. The number of hydrogen-bond donors (Lipinski definition) is 1. The highest BCUT2D eigenvalue weighted by molar-refractivity contribution is 5.95. The summed E-state index contributed by atoms with van der Waals surface area (Å²) in [6.07, 6.45) is 0.440. The molecular formula is C18H18N5O2-. The number of amides is 1. The number of anilines is 1. The second-order valence-electron chi connectivity index (χ2n) is 5.70. The van der Waals surface area contributed by atoms with E-state index in [0.29, 0.717) is 12.2 Å². The van der Waals surface area contributed by atoms with E-state index in [1.54, 1.807) is 7.11 Å². The fraction of sp³-hybridized carbons (Fsp3) is 0.222. The highest BCUT2D eigenvalue weighted by Crippen LogP contribution is 2.21. The molecular weight excluding hydrogens is 318 g/mol. The zero-order valence-corrected chi connectivity index (χ0v) is 14.0. The van der Waals surface area contributed by atoms with Crippen molar-refractivity contribution in [2.75, 3.05) is 12.4 Å². The molecule has 0 aliphatic rings. The van der Waals surface area contributed by atoms with Gasteiger partial charge in [-0.15, -0.1) is 0 Å². The Morgan fingerprint density at radius 2 is 2.04 bits per heavy atom. The van der Waals surface area contributed by atoms with Gasteiger partial charge in [-0.05, 0) is 48.7 Å². The van der Waals surface area contributed by atoms with Crippen molar-refractivity contribution < 1.29 is 9.53 Å². The van der Waals surface area contributed by atoms with E-state index in [9.17, 15) is 4.79 Å². The van der Waals surface area contributed by atoms with Crippen LogP contribution >= 0.6 is 0 Å². The number of carbonyl (C=O) groups excluding carboxylic acids is 1. The Balaban J connectivity index is 1.80. The Kier molecular flexibility index (Phi) is 5.03. The smallest absolute Gasteiger partial charge is 0.232 e. The van der Waals surface area contributed by atoms with Gasteiger partial charge < -0.3 is 15.2 Å². The molecule has 128 valence electrons. The number of aromatic nitrogens is 4. The molecule has 0 unspecified atom stereocenters. The largest absolute Gasteiger partial charge is 0.497 e. The van der Waals surface area contributed by atoms with E-state index in [-0.39, 0.29) is 5.91 Å². The number of tetrazole rings is 1. The molecule has 2 aromatic carbocycles. The Labute approximate surface area is 145 Å². The average molecular weight is 336 g/mol. The van der Waals surface area contributed by atoms with Gasteiger partial charge in [-0.25, -0.2) is 0 Å². The summed E-state index contributed by atoms with van der Waals surface area (Å²) in [5.41, 5.74) is 2.77. The number of benzene rings is 2. The Morgan fingerprint density at radius 1 is 1.24 bits per heavy atom. The van der Waals surface area contributed by atoms with E-state index in [1.165, 1.54) is 0 Å². The minimum absolute atomic E-state index is 0.198. The quantitative estimate of drug-likeness (QED) is 0.741. The normalized spacial score (nSPS) is 11.8. The number of carbonyl (C=O) groups is 1. The van der Waals surface area contributed by atoms with Crippen LogP contribution in [-0.4, -0.2) is 28.5 Å². The molecule has 0 aliphatic heterocycles. The van der Waals surface area contributed by atoms with Crippen LogP contribution in [0.25, 0.3) is 0 Å². The zero-order chi connectivity index (χ0) is 17.6. The van der Waals surface area contributed by atoms with Crippen molar-refractivity contribution in [1.29, 1.82) is 0 Å². The number of aryl methyl sites for hydroxylation is 1. The summed E-state index contributed by atoms with van der Waals surface area (Å²) in [5.74, 6) is 0.290. The maximum atomic E-state index is 12.8. The first-order valence-corrected chi connectivity index (χ1v) is 7.85. The van der Waals surface area contributed by atoms with E-state index in [4.69, 9.17) is 4.74 Å². The van der Waals surface area contributed by atoms with Crippen LogP contribution in [0.5, 0.6) is 5.75 Å². The standard InChI is InChI=1S/C18H19N5O2/c1-12-4-3-5-14(10-12)19-18(24)16(17-20-22-23-21-17)11-13-6-8-15(25-2)9-7-13/h3-10,16H,11H2,1-2H3,(H2,19,20,21,22,23,24)/p-1/t16-/m0/s1. The van der Waals surface area contributed by atoms with Crippen LogP contribution in [0.4, 0.5) is 5.69 Å². The minimum Gasteiger partial charge on any atom is -0.497 e. The van der Waals surface area contributed by atoms with E-state index < -0.39 is 5.92 Å².